The topological polar surface area (TPSA) is 92.3 Å². The van der Waals surface area contributed by atoms with Crippen LogP contribution in [0.5, 0.6) is 0 Å². The Morgan fingerprint density at radius 2 is 1.28 bits per heavy atom. The maximum absolute atomic E-state index is 12.8. The van der Waals surface area contributed by atoms with Crippen LogP contribution in [0.25, 0.3) is 10.8 Å². The summed E-state index contributed by atoms with van der Waals surface area (Å²) in [5, 5.41) is 2.19. The largest absolute Gasteiger partial charge is 0.280 e. The van der Waals surface area contributed by atoms with Crippen molar-refractivity contribution in [3.05, 3.63) is 95.5 Å². The van der Waals surface area contributed by atoms with Crippen molar-refractivity contribution in [1.82, 2.24) is 0 Å². The highest BCUT2D eigenvalue weighted by Gasteiger charge is 2.18. The summed E-state index contributed by atoms with van der Waals surface area (Å²) in [4.78, 5) is 0.108. The van der Waals surface area contributed by atoms with E-state index in [1.165, 1.54) is 30.3 Å². The lowest BCUT2D eigenvalue weighted by Gasteiger charge is -2.12. The molecule has 0 aliphatic carbocycles. The molecule has 0 unspecified atom stereocenters. The van der Waals surface area contributed by atoms with E-state index in [1.54, 1.807) is 37.3 Å². The lowest BCUT2D eigenvalue weighted by molar-refractivity contribution is 0.600. The van der Waals surface area contributed by atoms with Crippen LogP contribution in [0.3, 0.4) is 0 Å². The van der Waals surface area contributed by atoms with Crippen molar-refractivity contribution in [1.29, 1.82) is 0 Å². The number of rotatable bonds is 6. The first-order chi connectivity index (χ1) is 15.2. The van der Waals surface area contributed by atoms with Gasteiger partial charge in [0.05, 0.1) is 15.5 Å². The first-order valence-corrected chi connectivity index (χ1v) is 12.9. The summed E-state index contributed by atoms with van der Waals surface area (Å²) in [6.45, 7) is 1.71. The molecule has 32 heavy (non-hydrogen) atoms. The number of anilines is 2. The van der Waals surface area contributed by atoms with E-state index in [0.29, 0.717) is 16.3 Å². The van der Waals surface area contributed by atoms with E-state index >= 15 is 0 Å². The molecule has 0 radical (unpaired) electrons. The Balaban J connectivity index is 1.55. The molecule has 0 spiro atoms. The third-order valence-electron chi connectivity index (χ3n) is 4.96. The minimum atomic E-state index is -3.88. The van der Waals surface area contributed by atoms with E-state index in [2.05, 4.69) is 9.44 Å². The first kappa shape index (κ1) is 22.1. The van der Waals surface area contributed by atoms with Gasteiger partial charge in [-0.1, -0.05) is 48.0 Å². The van der Waals surface area contributed by atoms with Gasteiger partial charge in [-0.15, -0.1) is 0 Å². The zero-order valence-electron chi connectivity index (χ0n) is 16.9. The molecule has 4 aromatic rings. The fraction of sp³-hybridized carbons (Fsp3) is 0.0435. The van der Waals surface area contributed by atoms with Crippen molar-refractivity contribution in [2.24, 2.45) is 0 Å². The van der Waals surface area contributed by atoms with Crippen molar-refractivity contribution in [2.45, 2.75) is 16.7 Å². The smallest absolute Gasteiger partial charge is 0.261 e. The molecule has 0 atom stereocenters. The molecule has 9 heteroatoms. The van der Waals surface area contributed by atoms with E-state index in [0.717, 1.165) is 10.8 Å². The van der Waals surface area contributed by atoms with E-state index < -0.39 is 20.0 Å². The standard InChI is InChI=1S/C23H19ClN2O4S2/c1-16-22(24)7-4-8-23(16)26-31(27,28)20-13-10-19(11-14-20)25-32(29,30)21-12-9-17-5-2-3-6-18(17)15-21/h2-15,25-26H,1H3. The maximum Gasteiger partial charge on any atom is 0.261 e. The molecule has 164 valence electrons. The second-order valence-corrected chi connectivity index (χ2v) is 10.9. The summed E-state index contributed by atoms with van der Waals surface area (Å²) >= 11 is 6.05. The van der Waals surface area contributed by atoms with Crippen LogP contribution in [-0.4, -0.2) is 16.8 Å². The van der Waals surface area contributed by atoms with Crippen LogP contribution >= 0.6 is 11.6 Å². The van der Waals surface area contributed by atoms with Gasteiger partial charge in [-0.3, -0.25) is 9.44 Å². The number of halogens is 1. The molecule has 0 bridgehead atoms. The van der Waals surface area contributed by atoms with E-state index in [4.69, 9.17) is 11.6 Å². The Kier molecular flexibility index (Phi) is 5.85. The number of hydrogen-bond donors (Lipinski definition) is 2. The molecular formula is C23H19ClN2O4S2. The number of fused-ring (bicyclic) bond motifs is 1. The van der Waals surface area contributed by atoms with Crippen molar-refractivity contribution in [3.8, 4) is 0 Å². The SMILES string of the molecule is Cc1c(Cl)cccc1NS(=O)(=O)c1ccc(NS(=O)(=O)c2ccc3ccccc3c2)cc1. The van der Waals surface area contributed by atoms with E-state index in [-0.39, 0.29) is 15.5 Å². The Hall–Kier alpha value is -3.07. The van der Waals surface area contributed by atoms with Gasteiger partial charge in [0.15, 0.2) is 0 Å². The number of sulfonamides is 2. The van der Waals surface area contributed by atoms with Gasteiger partial charge in [0, 0.05) is 10.7 Å². The van der Waals surface area contributed by atoms with Crippen LogP contribution in [0.4, 0.5) is 11.4 Å². The van der Waals surface area contributed by atoms with Crippen LogP contribution in [-0.2, 0) is 20.0 Å². The third-order valence-corrected chi connectivity index (χ3v) is 8.13. The highest BCUT2D eigenvalue weighted by Crippen LogP contribution is 2.26. The monoisotopic (exact) mass is 486 g/mol. The predicted octanol–water partition coefficient (Wildman–Crippen LogP) is 5.40. The van der Waals surface area contributed by atoms with Gasteiger partial charge in [-0.25, -0.2) is 16.8 Å². The van der Waals surface area contributed by atoms with Gasteiger partial charge in [-0.05, 0) is 71.8 Å². The molecule has 4 rings (SSSR count). The lowest BCUT2D eigenvalue weighted by atomic mass is 10.1. The fourth-order valence-electron chi connectivity index (χ4n) is 3.17. The molecule has 0 aliphatic rings. The predicted molar refractivity (Wildman–Crippen MR) is 128 cm³/mol. The lowest BCUT2D eigenvalue weighted by Crippen LogP contribution is -2.15. The summed E-state index contributed by atoms with van der Waals surface area (Å²) in [5.74, 6) is 0. The minimum absolute atomic E-state index is 0.00877. The zero-order valence-corrected chi connectivity index (χ0v) is 19.3. The summed E-state index contributed by atoms with van der Waals surface area (Å²) in [5.41, 5.74) is 1.23. The average molecular weight is 487 g/mol. The summed E-state index contributed by atoms with van der Waals surface area (Å²) in [6, 6.07) is 22.7. The minimum Gasteiger partial charge on any atom is -0.280 e. The Morgan fingerprint density at radius 3 is 2.00 bits per heavy atom. The molecule has 4 aromatic carbocycles. The van der Waals surface area contributed by atoms with Gasteiger partial charge >= 0.3 is 0 Å². The summed E-state index contributed by atoms with van der Waals surface area (Å²) in [6.07, 6.45) is 0. The van der Waals surface area contributed by atoms with Crippen molar-refractivity contribution in [2.75, 3.05) is 9.44 Å². The normalized spacial score (nSPS) is 11.9. The van der Waals surface area contributed by atoms with Crippen molar-refractivity contribution >= 4 is 53.8 Å². The molecule has 0 aromatic heterocycles. The second-order valence-electron chi connectivity index (χ2n) is 7.16. The summed E-state index contributed by atoms with van der Waals surface area (Å²) in [7, 11) is -7.72. The Morgan fingerprint density at radius 1 is 0.656 bits per heavy atom. The van der Waals surface area contributed by atoms with Crippen molar-refractivity contribution in [3.63, 3.8) is 0 Å². The van der Waals surface area contributed by atoms with E-state index in [1.807, 2.05) is 24.3 Å². The summed E-state index contributed by atoms with van der Waals surface area (Å²) < 4.78 is 56.0. The van der Waals surface area contributed by atoms with Gasteiger partial charge in [0.1, 0.15) is 0 Å². The van der Waals surface area contributed by atoms with Gasteiger partial charge in [0.25, 0.3) is 20.0 Å². The van der Waals surface area contributed by atoms with Crippen LogP contribution < -0.4 is 9.44 Å². The first-order valence-electron chi connectivity index (χ1n) is 9.55. The van der Waals surface area contributed by atoms with Crippen LogP contribution in [0.1, 0.15) is 5.56 Å². The molecule has 6 nitrogen and oxygen atoms in total. The van der Waals surface area contributed by atoms with Crippen molar-refractivity contribution < 1.29 is 16.8 Å². The number of hydrogen-bond acceptors (Lipinski definition) is 4. The molecule has 0 saturated carbocycles. The van der Waals surface area contributed by atoms with Gasteiger partial charge < -0.3 is 0 Å². The number of benzene rings is 4. The van der Waals surface area contributed by atoms with Crippen LogP contribution in [0.15, 0.2) is 94.7 Å². The maximum atomic E-state index is 12.8. The highest BCUT2D eigenvalue weighted by atomic mass is 35.5. The van der Waals surface area contributed by atoms with Crippen LogP contribution in [0, 0.1) is 6.92 Å². The second kappa shape index (κ2) is 8.46. The molecule has 0 amide bonds. The molecule has 0 heterocycles. The molecule has 0 fully saturated rings. The van der Waals surface area contributed by atoms with E-state index in [9.17, 15) is 16.8 Å². The molecular weight excluding hydrogens is 468 g/mol. The molecule has 2 N–H and O–H groups in total. The third kappa shape index (κ3) is 4.57. The number of nitrogens with one attached hydrogen (secondary N) is 2. The zero-order chi connectivity index (χ0) is 22.9. The average Bonchev–Trinajstić information content (AvgIpc) is 2.76. The van der Waals surface area contributed by atoms with Gasteiger partial charge in [-0.2, -0.15) is 0 Å². The fourth-order valence-corrected chi connectivity index (χ4v) is 5.56. The highest BCUT2D eigenvalue weighted by molar-refractivity contribution is 7.93. The van der Waals surface area contributed by atoms with Gasteiger partial charge in [0.2, 0.25) is 0 Å². The molecule has 0 saturated heterocycles. The quantitative estimate of drug-likeness (QED) is 0.381. The Bertz CT molecular complexity index is 1520. The molecule has 0 aliphatic heterocycles. The van der Waals surface area contributed by atoms with Crippen LogP contribution in [0.2, 0.25) is 5.02 Å². The Labute approximate surface area is 192 Å².